The van der Waals surface area contributed by atoms with E-state index in [0.717, 1.165) is 36.4 Å². The summed E-state index contributed by atoms with van der Waals surface area (Å²) in [4.78, 5) is 85.7. The van der Waals surface area contributed by atoms with Crippen LogP contribution in [0.2, 0.25) is 15.1 Å². The molecule has 39 heteroatoms. The molecule has 3 fully saturated rings. The molecule has 15 rings (SSSR count). The first-order valence-corrected chi connectivity index (χ1v) is 37.4. The second kappa shape index (κ2) is 33.7. The van der Waals surface area contributed by atoms with E-state index < -0.39 is 77.0 Å². The van der Waals surface area contributed by atoms with Crippen molar-refractivity contribution in [3.8, 4) is 51.7 Å². The summed E-state index contributed by atoms with van der Waals surface area (Å²) in [5.74, 6) is 1.74. The van der Waals surface area contributed by atoms with Gasteiger partial charge in [-0.15, -0.1) is 0 Å². The summed E-state index contributed by atoms with van der Waals surface area (Å²) in [5, 5.41) is 46.4. The molecule has 612 valence electrons. The maximum absolute atomic E-state index is 13.6. The number of hydrogen-bond acceptors (Lipinski definition) is 21. The third-order valence-corrected chi connectivity index (χ3v) is 20.3. The molecule has 0 spiro atoms. The van der Waals surface area contributed by atoms with E-state index >= 15 is 0 Å². The van der Waals surface area contributed by atoms with Crippen LogP contribution in [0.3, 0.4) is 0 Å². The van der Waals surface area contributed by atoms with Crippen molar-refractivity contribution in [1.29, 1.82) is 0 Å². The van der Waals surface area contributed by atoms with Crippen LogP contribution in [-0.2, 0) is 18.5 Å². The van der Waals surface area contributed by atoms with E-state index in [1.165, 1.54) is 75.6 Å². The molecule has 6 amide bonds. The molecule has 7 N–H and O–H groups in total. The number of aliphatic hydroxyl groups is 4. The van der Waals surface area contributed by atoms with E-state index in [0.29, 0.717) is 93.6 Å². The molecule has 3 aromatic carbocycles. The molecule has 0 aliphatic carbocycles. The van der Waals surface area contributed by atoms with Crippen LogP contribution < -0.4 is 59.6 Å². The third-order valence-electron chi connectivity index (χ3n) is 19.4. The van der Waals surface area contributed by atoms with Gasteiger partial charge in [-0.1, -0.05) is 91.1 Å². The predicted octanol–water partition coefficient (Wildman–Crippen LogP) is 14.8. The predicted molar refractivity (Wildman–Crippen MR) is 415 cm³/mol. The van der Waals surface area contributed by atoms with E-state index in [2.05, 4.69) is 65.6 Å². The summed E-state index contributed by atoms with van der Waals surface area (Å²) in [6.07, 6.45) is -9.53. The van der Waals surface area contributed by atoms with Gasteiger partial charge in [0.15, 0.2) is 17.5 Å². The summed E-state index contributed by atoms with van der Waals surface area (Å²) < 4.78 is 136. The Bertz CT molecular complexity index is 5150. The highest BCUT2D eigenvalue weighted by molar-refractivity contribution is 6.34. The molecule has 6 aliphatic heterocycles. The fourth-order valence-corrected chi connectivity index (χ4v) is 14.3. The highest BCUT2D eigenvalue weighted by Gasteiger charge is 2.45. The van der Waals surface area contributed by atoms with Crippen molar-refractivity contribution in [2.75, 3.05) is 118 Å². The molecule has 6 aliphatic rings. The second-order valence-electron chi connectivity index (χ2n) is 29.3. The molecule has 116 heavy (non-hydrogen) atoms. The van der Waals surface area contributed by atoms with Crippen LogP contribution in [0.4, 0.5) is 106 Å². The minimum Gasteiger partial charge on any atom is -0.477 e. The standard InChI is InChI=1S/C27H27ClF3N5O3.C26H26ClF3N6O3.C24H22ClF3N6O4/c1-26(2,14-37)15-39-22-8-4-7-21(32-22)33-25(38)36-18-9-10-35(13-18)20-12-19(28)23(34-24(20)36)16-5-3-6-17(11-16)27(29,30)31;1-25(2,38)8-11-39-23-31-9-6-20(32-23)33-24(37)36-17-7-10-35(14-17)19-13-18(27)21(34-22(19)36)15-4-3-5-16(12-15)26(28,29)30;25-17-9-18-21(32-20(17)13-2-1-3-14(8-13)24(26,27)28)34(15-5-7-33(18)10-15)23(37)31-19-4-6-29-22(30-19)38-12-16(36)11-35/h3-8,11-12,18,37H,9-10,13-15H2,1-2H3,(H,32,33,38);3-6,9,12-13,17,38H,7-8,10-11,14H2,1-2H3,(H,31,32,33,37);1-4,6,8-9,15-16,35-36H,5,7,10-12H2,(H,29,30,31,37)/t18-;17-;15-,16+/m000/s1. The Morgan fingerprint density at radius 3 is 1.23 bits per heavy atom. The number of anilines is 9. The Hall–Kier alpha value is -10.9. The Balaban J connectivity index is 0.000000151. The van der Waals surface area contributed by atoms with Gasteiger partial charge in [0.25, 0.3) is 0 Å². The van der Waals surface area contributed by atoms with E-state index in [9.17, 15) is 69.2 Å². The van der Waals surface area contributed by atoms with Crippen LogP contribution in [0, 0.1) is 5.41 Å². The zero-order valence-corrected chi connectivity index (χ0v) is 64.4. The number of benzene rings is 3. The van der Waals surface area contributed by atoms with E-state index in [4.69, 9.17) is 54.1 Å². The number of hydrogen-bond donors (Lipinski definition) is 7. The molecule has 6 bridgehead atoms. The number of halogens is 12. The van der Waals surface area contributed by atoms with Gasteiger partial charge in [0, 0.05) is 86.3 Å². The Morgan fingerprint density at radius 2 is 0.871 bits per heavy atom. The molecular weight excluding hydrogens is 1600 g/mol. The van der Waals surface area contributed by atoms with Gasteiger partial charge < -0.3 is 49.3 Å². The summed E-state index contributed by atoms with van der Waals surface area (Å²) in [6.45, 7) is 10.3. The van der Waals surface area contributed by atoms with Gasteiger partial charge in [0.05, 0.1) is 116 Å². The molecule has 0 unspecified atom stereocenters. The molecule has 0 saturated carbocycles. The quantitative estimate of drug-likeness (QED) is 0.0393. The number of nitrogens with one attached hydrogen (secondary N) is 3. The first-order valence-electron chi connectivity index (χ1n) is 36.3. The molecule has 3 saturated heterocycles. The minimum atomic E-state index is -4.54. The van der Waals surface area contributed by atoms with E-state index in [1.807, 2.05) is 18.7 Å². The highest BCUT2D eigenvalue weighted by Crippen LogP contribution is 2.48. The summed E-state index contributed by atoms with van der Waals surface area (Å²) in [6, 6.07) is 24.8. The van der Waals surface area contributed by atoms with Gasteiger partial charge in [0.1, 0.15) is 30.2 Å². The monoisotopic (exact) mass is 1670 g/mol. The first-order chi connectivity index (χ1) is 55.0. The average Bonchev–Trinajstić information content (AvgIpc) is 1.52. The lowest BCUT2D eigenvalue weighted by Gasteiger charge is -2.36. The minimum absolute atomic E-state index is 0.0416. The van der Waals surface area contributed by atoms with Crippen molar-refractivity contribution < 1.29 is 88.5 Å². The molecule has 0 radical (unpaired) electrons. The van der Waals surface area contributed by atoms with Crippen LogP contribution in [0.25, 0.3) is 33.8 Å². The molecule has 27 nitrogen and oxygen atoms in total. The van der Waals surface area contributed by atoms with Gasteiger partial charge in [0.2, 0.25) is 5.88 Å². The number of carbonyl (C=O) groups excluding carboxylic acids is 3. The topological polar surface area (TPSA) is 318 Å². The fourth-order valence-electron chi connectivity index (χ4n) is 13.6. The van der Waals surface area contributed by atoms with Crippen LogP contribution in [0.15, 0.2) is 134 Å². The molecule has 6 aromatic heterocycles. The smallest absolute Gasteiger partial charge is 0.416 e. The zero-order chi connectivity index (χ0) is 82.9. The number of amides is 6. The maximum Gasteiger partial charge on any atom is 0.416 e. The van der Waals surface area contributed by atoms with Crippen molar-refractivity contribution in [2.24, 2.45) is 5.41 Å². The number of pyridine rings is 4. The molecule has 9 aromatic rings. The van der Waals surface area contributed by atoms with Crippen LogP contribution >= 0.6 is 34.8 Å². The number of rotatable bonds is 18. The van der Waals surface area contributed by atoms with E-state index in [-0.39, 0.29) is 135 Å². The van der Waals surface area contributed by atoms with Crippen molar-refractivity contribution in [1.82, 2.24) is 39.9 Å². The summed E-state index contributed by atoms with van der Waals surface area (Å²) in [7, 11) is 0. The van der Waals surface area contributed by atoms with Crippen molar-refractivity contribution >= 4 is 105 Å². The number of aliphatic hydroxyl groups excluding tert-OH is 3. The number of aromatic nitrogens is 8. The number of fused-ring (bicyclic) bond motifs is 12. The van der Waals surface area contributed by atoms with Gasteiger partial charge in [-0.05, 0) is 106 Å². The van der Waals surface area contributed by atoms with Crippen molar-refractivity contribution in [2.45, 2.75) is 102 Å². The van der Waals surface area contributed by atoms with Crippen LogP contribution in [0.1, 0.15) is 70.1 Å². The third kappa shape index (κ3) is 19.1. The van der Waals surface area contributed by atoms with Crippen LogP contribution in [0.5, 0.6) is 17.9 Å². The lowest BCUT2D eigenvalue weighted by Crippen LogP contribution is -2.48. The second-order valence-corrected chi connectivity index (χ2v) is 30.5. The molecule has 4 atom stereocenters. The molecular formula is C77H75Cl3F9N17O10. The van der Waals surface area contributed by atoms with Gasteiger partial charge in [-0.3, -0.25) is 30.7 Å². The normalized spacial score (nSPS) is 16.9. The van der Waals surface area contributed by atoms with E-state index in [1.54, 1.807) is 50.2 Å². The number of nitrogens with zero attached hydrogens (tertiary/aromatic N) is 14. The van der Waals surface area contributed by atoms with Crippen LogP contribution in [-0.4, -0.2) is 181 Å². The lowest BCUT2D eigenvalue weighted by atomic mass is 9.97. The van der Waals surface area contributed by atoms with Crippen molar-refractivity contribution in [3.05, 3.63) is 165 Å². The number of ether oxygens (including phenoxy) is 3. The Kier molecular flexibility index (Phi) is 24.2. The number of urea groups is 3. The fraction of sp³-hybridized carbons (Fsp3) is 0.364. The summed E-state index contributed by atoms with van der Waals surface area (Å²) in [5.41, 5.74) is -1.01. The number of alkyl halides is 9. The highest BCUT2D eigenvalue weighted by atomic mass is 35.5. The van der Waals surface area contributed by atoms with Gasteiger partial charge in [-0.25, -0.2) is 39.3 Å². The van der Waals surface area contributed by atoms with Gasteiger partial charge in [-0.2, -0.15) is 54.5 Å². The SMILES string of the molecule is CC(C)(CO)COc1cccc(NC(=O)N2c3nc(-c4cccc(C(F)(F)F)c4)c(Cl)cc3N3CC[C@H]2C3)n1.CC(C)(O)CCOc1nccc(NC(=O)N2c3nc(-c4cccc(C(F)(F)F)c4)c(Cl)cc3N3CC[C@H]2C3)n1.O=C(Nc1ccnc(OC[C@H](O)CO)n1)N1c2nc(-c3cccc(C(F)(F)F)c3)c(Cl)cc2N2CC[C@H]1C2. The van der Waals surface area contributed by atoms with Crippen molar-refractivity contribution in [3.63, 3.8) is 0 Å². The lowest BCUT2D eigenvalue weighted by molar-refractivity contribution is -0.138. The Labute approximate surface area is 672 Å². The molecule has 12 heterocycles. The van der Waals surface area contributed by atoms with Gasteiger partial charge >= 0.3 is 48.6 Å². The maximum atomic E-state index is 13.6. The Morgan fingerprint density at radius 1 is 0.500 bits per heavy atom. The summed E-state index contributed by atoms with van der Waals surface area (Å²) >= 11 is 19.5. The first kappa shape index (κ1) is 83.1. The average molecular weight is 1680 g/mol. The zero-order valence-electron chi connectivity index (χ0n) is 62.2. The largest absolute Gasteiger partial charge is 0.477 e. The number of carbonyl (C=O) groups is 3.